The molecule has 1 unspecified atom stereocenters. The molecule has 0 radical (unpaired) electrons. The fourth-order valence-electron chi connectivity index (χ4n) is 3.83. The maximum absolute atomic E-state index is 13.0. The lowest BCUT2D eigenvalue weighted by atomic mass is 9.94. The zero-order valence-electron chi connectivity index (χ0n) is 18.9. The summed E-state index contributed by atoms with van der Waals surface area (Å²) in [5, 5.41) is 11.1. The van der Waals surface area contributed by atoms with Crippen LogP contribution in [0.1, 0.15) is 36.6 Å². The number of aliphatic hydroxyl groups is 1. The van der Waals surface area contributed by atoms with Gasteiger partial charge in [0, 0.05) is 19.2 Å². The summed E-state index contributed by atoms with van der Waals surface area (Å²) >= 11 is 0. The monoisotopic (exact) mass is 439 g/mol. The molecule has 7 nitrogen and oxygen atoms in total. The number of hydrogen-bond donors (Lipinski definition) is 1. The molecule has 1 atom stereocenters. The van der Waals surface area contributed by atoms with Gasteiger partial charge in [0.25, 0.3) is 11.7 Å². The van der Waals surface area contributed by atoms with Crippen LogP contribution in [0.15, 0.2) is 48.0 Å². The molecule has 1 aliphatic heterocycles. The summed E-state index contributed by atoms with van der Waals surface area (Å²) in [6, 6.07) is 11.8. The van der Waals surface area contributed by atoms with E-state index >= 15 is 0 Å². The molecule has 1 heterocycles. The van der Waals surface area contributed by atoms with Crippen molar-refractivity contribution in [3.63, 3.8) is 0 Å². The molecule has 2 aromatic rings. The molecule has 170 valence electrons. The Morgan fingerprint density at radius 3 is 2.34 bits per heavy atom. The number of ether oxygens (including phenoxy) is 3. The van der Waals surface area contributed by atoms with Crippen LogP contribution in [0.2, 0.25) is 0 Å². The van der Waals surface area contributed by atoms with Crippen LogP contribution in [0.5, 0.6) is 11.5 Å². The Morgan fingerprint density at radius 1 is 1.03 bits per heavy atom. The van der Waals surface area contributed by atoms with Crippen LogP contribution in [-0.2, 0) is 20.7 Å². The lowest BCUT2D eigenvalue weighted by molar-refractivity contribution is -0.140. The van der Waals surface area contributed by atoms with Gasteiger partial charge in [-0.05, 0) is 36.6 Å². The third-order valence-electron chi connectivity index (χ3n) is 5.52. The van der Waals surface area contributed by atoms with Crippen molar-refractivity contribution in [2.24, 2.45) is 0 Å². The first-order valence-electron chi connectivity index (χ1n) is 10.6. The third kappa shape index (κ3) is 4.48. The second kappa shape index (κ2) is 10.3. The number of benzene rings is 2. The summed E-state index contributed by atoms with van der Waals surface area (Å²) in [4.78, 5) is 27.3. The Hall–Kier alpha value is -3.32. The van der Waals surface area contributed by atoms with Gasteiger partial charge in [0.1, 0.15) is 5.76 Å². The lowest BCUT2D eigenvalue weighted by Gasteiger charge is -2.25. The maximum Gasteiger partial charge on any atom is 0.295 e. The van der Waals surface area contributed by atoms with Gasteiger partial charge in [-0.2, -0.15) is 0 Å². The summed E-state index contributed by atoms with van der Waals surface area (Å²) in [6.07, 6.45) is 0.856. The highest BCUT2D eigenvalue weighted by Gasteiger charge is 2.46. The van der Waals surface area contributed by atoms with Crippen molar-refractivity contribution in [3.05, 3.63) is 64.7 Å². The van der Waals surface area contributed by atoms with Gasteiger partial charge in [-0.3, -0.25) is 9.59 Å². The number of likely N-dealkylation sites (tertiary alicyclic amines) is 1. The van der Waals surface area contributed by atoms with Gasteiger partial charge < -0.3 is 24.2 Å². The van der Waals surface area contributed by atoms with E-state index in [0.29, 0.717) is 29.2 Å². The van der Waals surface area contributed by atoms with Crippen molar-refractivity contribution < 1.29 is 28.9 Å². The SMILES string of the molecule is CCOc1ccc(C2/C(=C(/O)c3ccc(CC)cc3)C(=O)C(=O)N2CCOC)cc1OC. The van der Waals surface area contributed by atoms with Gasteiger partial charge in [0.15, 0.2) is 11.5 Å². The number of carbonyl (C=O) groups is 2. The summed E-state index contributed by atoms with van der Waals surface area (Å²) in [7, 11) is 3.06. The van der Waals surface area contributed by atoms with Crippen LogP contribution >= 0.6 is 0 Å². The Kier molecular flexibility index (Phi) is 7.53. The van der Waals surface area contributed by atoms with E-state index in [1.54, 1.807) is 30.3 Å². The largest absolute Gasteiger partial charge is 0.507 e. The topological polar surface area (TPSA) is 85.3 Å². The molecule has 0 spiro atoms. The zero-order valence-corrected chi connectivity index (χ0v) is 18.9. The minimum absolute atomic E-state index is 0.0431. The molecule has 3 rings (SSSR count). The molecule has 0 saturated carbocycles. The highest BCUT2D eigenvalue weighted by Crippen LogP contribution is 2.41. The van der Waals surface area contributed by atoms with Crippen LogP contribution in [0.25, 0.3) is 5.76 Å². The number of aryl methyl sites for hydroxylation is 1. The van der Waals surface area contributed by atoms with Crippen molar-refractivity contribution in [3.8, 4) is 11.5 Å². The zero-order chi connectivity index (χ0) is 23.3. The minimum Gasteiger partial charge on any atom is -0.507 e. The molecule has 32 heavy (non-hydrogen) atoms. The lowest BCUT2D eigenvalue weighted by Crippen LogP contribution is -2.32. The highest BCUT2D eigenvalue weighted by molar-refractivity contribution is 6.46. The van der Waals surface area contributed by atoms with E-state index in [1.165, 1.54) is 19.1 Å². The number of carbonyl (C=O) groups excluding carboxylic acids is 2. The van der Waals surface area contributed by atoms with Crippen molar-refractivity contribution in [1.82, 2.24) is 4.90 Å². The first kappa shape index (κ1) is 23.3. The van der Waals surface area contributed by atoms with Crippen LogP contribution in [0.3, 0.4) is 0 Å². The second-order valence-electron chi connectivity index (χ2n) is 7.38. The fourth-order valence-corrected chi connectivity index (χ4v) is 3.83. The van der Waals surface area contributed by atoms with Crippen LogP contribution < -0.4 is 9.47 Å². The van der Waals surface area contributed by atoms with Gasteiger partial charge in [0.2, 0.25) is 0 Å². The number of methoxy groups -OCH3 is 2. The summed E-state index contributed by atoms with van der Waals surface area (Å²) < 4.78 is 16.2. The van der Waals surface area contributed by atoms with Gasteiger partial charge in [-0.25, -0.2) is 0 Å². The average molecular weight is 440 g/mol. The average Bonchev–Trinajstić information content (AvgIpc) is 3.07. The second-order valence-corrected chi connectivity index (χ2v) is 7.38. The van der Waals surface area contributed by atoms with Crippen molar-refractivity contribution in [2.75, 3.05) is 34.0 Å². The predicted octanol–water partition coefficient (Wildman–Crippen LogP) is 3.72. The normalized spacial score (nSPS) is 17.6. The number of ketones is 1. The Bertz CT molecular complexity index is 1010. The molecule has 1 aliphatic rings. The van der Waals surface area contributed by atoms with Gasteiger partial charge in [-0.1, -0.05) is 37.3 Å². The van der Waals surface area contributed by atoms with Crippen molar-refractivity contribution in [2.45, 2.75) is 26.3 Å². The van der Waals surface area contributed by atoms with Gasteiger partial charge in [0.05, 0.1) is 31.9 Å². The number of nitrogens with zero attached hydrogens (tertiary/aromatic N) is 1. The van der Waals surface area contributed by atoms with E-state index in [4.69, 9.17) is 14.2 Å². The van der Waals surface area contributed by atoms with E-state index in [2.05, 4.69) is 0 Å². The van der Waals surface area contributed by atoms with E-state index in [1.807, 2.05) is 26.0 Å². The summed E-state index contributed by atoms with van der Waals surface area (Å²) in [6.45, 7) is 4.83. The first-order valence-corrected chi connectivity index (χ1v) is 10.6. The third-order valence-corrected chi connectivity index (χ3v) is 5.52. The van der Waals surface area contributed by atoms with E-state index in [-0.39, 0.29) is 24.5 Å². The molecule has 1 amide bonds. The Labute approximate surface area is 188 Å². The Balaban J connectivity index is 2.15. The highest BCUT2D eigenvalue weighted by atomic mass is 16.5. The molecule has 1 saturated heterocycles. The van der Waals surface area contributed by atoms with Crippen LogP contribution in [-0.4, -0.2) is 55.7 Å². The molecule has 0 bridgehead atoms. The van der Waals surface area contributed by atoms with Gasteiger partial charge in [-0.15, -0.1) is 0 Å². The number of hydrogen-bond acceptors (Lipinski definition) is 6. The molecular formula is C25H29NO6. The smallest absolute Gasteiger partial charge is 0.295 e. The molecule has 0 aliphatic carbocycles. The molecule has 0 aromatic heterocycles. The van der Waals surface area contributed by atoms with E-state index in [0.717, 1.165) is 12.0 Å². The molecule has 2 aromatic carbocycles. The molecule has 7 heteroatoms. The maximum atomic E-state index is 13.0. The number of aliphatic hydroxyl groups excluding tert-OH is 1. The van der Waals surface area contributed by atoms with Crippen molar-refractivity contribution >= 4 is 17.4 Å². The molecule has 1 N–H and O–H groups in total. The van der Waals surface area contributed by atoms with E-state index in [9.17, 15) is 14.7 Å². The summed E-state index contributed by atoms with van der Waals surface area (Å²) in [5.74, 6) is -0.567. The van der Waals surface area contributed by atoms with Crippen LogP contribution in [0, 0.1) is 0 Å². The van der Waals surface area contributed by atoms with E-state index < -0.39 is 17.7 Å². The standard InChI is InChI=1S/C25H29NO6/c1-5-16-7-9-17(10-8-16)23(27)21-22(26(13-14-30-3)25(29)24(21)28)18-11-12-19(32-6-2)20(15-18)31-4/h7-12,15,22,27H,5-6,13-14H2,1-4H3/b23-21-. The molecular weight excluding hydrogens is 410 g/mol. The van der Waals surface area contributed by atoms with Gasteiger partial charge >= 0.3 is 0 Å². The van der Waals surface area contributed by atoms with Crippen LogP contribution in [0.4, 0.5) is 0 Å². The number of Topliss-reactive ketones (excluding diaryl/α,β-unsaturated/α-hetero) is 1. The van der Waals surface area contributed by atoms with Crippen molar-refractivity contribution in [1.29, 1.82) is 0 Å². The Morgan fingerprint density at radius 2 is 1.75 bits per heavy atom. The first-order chi connectivity index (χ1) is 15.5. The summed E-state index contributed by atoms with van der Waals surface area (Å²) in [5.41, 5.74) is 2.26. The fraction of sp³-hybridized carbons (Fsp3) is 0.360. The predicted molar refractivity (Wildman–Crippen MR) is 121 cm³/mol. The number of rotatable bonds is 9. The quantitative estimate of drug-likeness (QED) is 0.364. The molecule has 1 fully saturated rings. The number of amides is 1. The minimum atomic E-state index is -0.777.